The molecule has 2 aliphatic heterocycles. The van der Waals surface area contributed by atoms with Gasteiger partial charge in [0, 0.05) is 89.6 Å². The molecule has 5 amide bonds. The Hall–Kier alpha value is -7.12. The Morgan fingerprint density at radius 2 is 1.53 bits per heavy atom. The van der Waals surface area contributed by atoms with Crippen LogP contribution in [0.15, 0.2) is 90.4 Å². The first kappa shape index (κ1) is 55.6. The molecule has 4 heterocycles. The largest absolute Gasteiger partial charge is 0.507 e. The Labute approximate surface area is 444 Å². The summed E-state index contributed by atoms with van der Waals surface area (Å²) in [4.78, 5) is 82.5. The van der Waals surface area contributed by atoms with Crippen molar-refractivity contribution in [3.05, 3.63) is 96.1 Å². The predicted octanol–water partition coefficient (Wildman–Crippen LogP) is 6.41. The number of aryl methyl sites for hydroxylation is 1. The number of phenols is 1. The highest BCUT2D eigenvalue weighted by molar-refractivity contribution is 7.13. The first-order chi connectivity index (χ1) is 35.9. The molecule has 0 aliphatic carbocycles. The van der Waals surface area contributed by atoms with E-state index in [0.29, 0.717) is 61.7 Å². The van der Waals surface area contributed by atoms with E-state index >= 15 is 0 Å². The van der Waals surface area contributed by atoms with Crippen molar-refractivity contribution in [1.29, 1.82) is 0 Å². The van der Waals surface area contributed by atoms with Gasteiger partial charge in [0.05, 0.1) is 33.6 Å². The number of carbonyl (C=O) groups is 5. The number of amides is 5. The number of aliphatic hydroxyl groups excluding tert-OH is 1. The monoisotopic (exact) mass is 1040 g/mol. The van der Waals surface area contributed by atoms with Crippen LogP contribution in [-0.4, -0.2) is 142 Å². The zero-order valence-corrected chi connectivity index (χ0v) is 44.9. The molecule has 3 aromatic carbocycles. The lowest BCUT2D eigenvalue weighted by atomic mass is 9.85. The number of unbranched alkanes of at least 4 members (excludes halogenated alkanes) is 5. The molecular weight excluding hydrogens is 971 g/mol. The van der Waals surface area contributed by atoms with Gasteiger partial charge in [-0.3, -0.25) is 24.0 Å². The molecule has 7 rings (SSSR count). The van der Waals surface area contributed by atoms with Crippen molar-refractivity contribution in [2.75, 3.05) is 73.8 Å². The SMILES string of the molecule is Cc1ncsc1-c1ccc(N(C)C(=O)[C@@H]2C[C@@H](O)CN2C(=O)[C@@H](NC(=O)CCCCCCCCC(=O)N(C)CCNC(=O)C2CN(c3cc(-c4ccccc4O)nnc3N)CCN2c2ccccc2)C(C)(C)C)cc1. The molecule has 2 aromatic heterocycles. The number of nitrogen functional groups attached to an aromatic ring is 1. The van der Waals surface area contributed by atoms with E-state index in [2.05, 4.69) is 30.7 Å². The third-order valence-electron chi connectivity index (χ3n) is 14.2. The average Bonchev–Trinajstić information content (AvgIpc) is 4.03. The third kappa shape index (κ3) is 14.2. The van der Waals surface area contributed by atoms with Crippen LogP contribution < -0.4 is 31.1 Å². The summed E-state index contributed by atoms with van der Waals surface area (Å²) in [6.45, 7) is 9.62. The normalized spacial score (nSPS) is 17.1. The smallest absolute Gasteiger partial charge is 0.249 e. The number of aromatic nitrogens is 3. The second kappa shape index (κ2) is 25.4. The molecule has 19 heteroatoms. The lowest BCUT2D eigenvalue weighted by Gasteiger charge is -2.43. The molecule has 6 N–H and O–H groups in total. The number of hydrogen-bond acceptors (Lipinski definition) is 14. The lowest BCUT2D eigenvalue weighted by molar-refractivity contribution is -0.143. The lowest BCUT2D eigenvalue weighted by Crippen LogP contribution is -2.60. The van der Waals surface area contributed by atoms with Crippen molar-refractivity contribution >= 4 is 63.8 Å². The van der Waals surface area contributed by atoms with E-state index in [-0.39, 0.29) is 61.1 Å². The molecule has 0 spiro atoms. The summed E-state index contributed by atoms with van der Waals surface area (Å²) < 4.78 is 0. The van der Waals surface area contributed by atoms with Crippen molar-refractivity contribution in [1.82, 2.24) is 35.6 Å². The topological polar surface area (TPSA) is 231 Å². The third-order valence-corrected chi connectivity index (χ3v) is 15.1. The average molecular weight is 1040 g/mol. The summed E-state index contributed by atoms with van der Waals surface area (Å²) in [6, 6.07) is 23.7. The summed E-state index contributed by atoms with van der Waals surface area (Å²) in [5, 5.41) is 35.6. The number of rotatable bonds is 21. The summed E-state index contributed by atoms with van der Waals surface area (Å²) in [6.07, 6.45) is 4.69. The van der Waals surface area contributed by atoms with Crippen LogP contribution in [0.1, 0.15) is 84.3 Å². The number of aromatic hydroxyl groups is 1. The number of nitrogens with two attached hydrogens (primary N) is 1. The zero-order chi connectivity index (χ0) is 53.8. The minimum Gasteiger partial charge on any atom is -0.507 e. The van der Waals surface area contributed by atoms with Gasteiger partial charge < -0.3 is 51.1 Å². The van der Waals surface area contributed by atoms with E-state index in [0.717, 1.165) is 53.9 Å². The number of carbonyl (C=O) groups excluding carboxylic acids is 5. The standard InChI is InChI=1S/C56H73N11O7S/c1-37-50(75-36-59-37)38-24-26-39(27-25-38)64(6)54(73)45-32-41(68)34-67(45)55(74)51(56(2,3)4)60-48(70)22-14-9-7-8-10-15-23-49(71)63(5)29-28-58-53(72)46-35-65(30-31-66(46)40-18-12-11-13-19-40)44-33-43(61-62-52(44)57)42-20-16-17-21-47(42)69/h11-13,16-21,24-27,33,36,41,45-46,51,68-69H,7-10,14-15,22-23,28-32,34-35H2,1-6H3,(H2,57,62)(H,58,72)(H,60,70)/t41-,45+,46?,51-/m1/s1. The highest BCUT2D eigenvalue weighted by Crippen LogP contribution is 2.34. The number of aliphatic hydroxyl groups is 1. The minimum atomic E-state index is -0.901. The van der Waals surface area contributed by atoms with Crippen LogP contribution >= 0.6 is 11.3 Å². The van der Waals surface area contributed by atoms with E-state index in [1.807, 2.05) is 93.3 Å². The molecule has 18 nitrogen and oxygen atoms in total. The van der Waals surface area contributed by atoms with Gasteiger partial charge in [0.15, 0.2) is 5.82 Å². The second-order valence-corrected chi connectivity index (χ2v) is 21.6. The van der Waals surface area contributed by atoms with Gasteiger partial charge in [-0.1, -0.05) is 88.9 Å². The van der Waals surface area contributed by atoms with Crippen molar-refractivity contribution in [2.24, 2.45) is 5.41 Å². The van der Waals surface area contributed by atoms with E-state index in [4.69, 9.17) is 5.73 Å². The number of nitrogens with one attached hydrogen (secondary N) is 2. The van der Waals surface area contributed by atoms with Gasteiger partial charge in [-0.05, 0) is 73.2 Å². The number of benzene rings is 3. The van der Waals surface area contributed by atoms with Crippen LogP contribution in [0.5, 0.6) is 5.75 Å². The highest BCUT2D eigenvalue weighted by atomic mass is 32.1. The van der Waals surface area contributed by atoms with Crippen LogP contribution in [0.3, 0.4) is 0 Å². The van der Waals surface area contributed by atoms with Crippen LogP contribution in [0.25, 0.3) is 21.7 Å². The molecule has 5 aromatic rings. The van der Waals surface area contributed by atoms with Crippen molar-refractivity contribution < 1.29 is 34.2 Å². The Morgan fingerprint density at radius 3 is 2.21 bits per heavy atom. The second-order valence-electron chi connectivity index (χ2n) is 20.7. The van der Waals surface area contributed by atoms with Gasteiger partial charge in [0.25, 0.3) is 0 Å². The highest BCUT2D eigenvalue weighted by Gasteiger charge is 2.45. The van der Waals surface area contributed by atoms with Gasteiger partial charge in [0.1, 0.15) is 23.9 Å². The van der Waals surface area contributed by atoms with E-state index in [1.165, 1.54) is 9.80 Å². The number of thiazole rings is 1. The van der Waals surface area contributed by atoms with Gasteiger partial charge >= 0.3 is 0 Å². The number of anilines is 4. The number of likely N-dealkylation sites (tertiary alicyclic amines) is 1. The Kier molecular flexibility index (Phi) is 18.8. The van der Waals surface area contributed by atoms with Crippen molar-refractivity contribution in [3.8, 4) is 27.4 Å². The molecular formula is C56H73N11O7S. The van der Waals surface area contributed by atoms with E-state index in [1.54, 1.807) is 60.1 Å². The maximum atomic E-state index is 14.2. The Balaban J connectivity index is 0.811. The molecule has 2 aliphatic rings. The van der Waals surface area contributed by atoms with Gasteiger partial charge in [-0.25, -0.2) is 4.98 Å². The number of phenolic OH excluding ortho intramolecular Hbond substituents is 1. The zero-order valence-electron chi connectivity index (χ0n) is 44.1. The molecule has 1 unspecified atom stereocenters. The molecule has 75 heavy (non-hydrogen) atoms. The first-order valence-corrected chi connectivity index (χ1v) is 26.8. The molecule has 0 saturated carbocycles. The summed E-state index contributed by atoms with van der Waals surface area (Å²) in [7, 11) is 3.41. The number of β-amino-alcohol motifs (C(OH)–C–C–N with tert-alkyl or cyclic N) is 1. The molecule has 400 valence electrons. The number of nitrogens with zero attached hydrogens (tertiary/aromatic N) is 8. The van der Waals surface area contributed by atoms with Gasteiger partial charge in [-0.15, -0.1) is 21.5 Å². The molecule has 0 radical (unpaired) electrons. The Bertz CT molecular complexity index is 2750. The van der Waals surface area contributed by atoms with Crippen LogP contribution in [0.4, 0.5) is 22.9 Å². The quantitative estimate of drug-likeness (QED) is 0.0501. The van der Waals surface area contributed by atoms with E-state index in [9.17, 15) is 34.2 Å². The summed E-state index contributed by atoms with van der Waals surface area (Å²) in [5.41, 5.74) is 12.6. The summed E-state index contributed by atoms with van der Waals surface area (Å²) in [5.74, 6) is -0.834. The van der Waals surface area contributed by atoms with Crippen molar-refractivity contribution in [3.63, 3.8) is 0 Å². The molecule has 0 bridgehead atoms. The Morgan fingerprint density at radius 1 is 0.853 bits per heavy atom. The molecule has 2 fully saturated rings. The fourth-order valence-corrected chi connectivity index (χ4v) is 10.6. The van der Waals surface area contributed by atoms with Gasteiger partial charge in [-0.2, -0.15) is 0 Å². The van der Waals surface area contributed by atoms with Crippen LogP contribution in [-0.2, 0) is 24.0 Å². The number of hydrogen-bond donors (Lipinski definition) is 5. The van der Waals surface area contributed by atoms with Crippen LogP contribution in [0, 0.1) is 12.3 Å². The molecule has 2 saturated heterocycles. The van der Waals surface area contributed by atoms with Crippen LogP contribution in [0.2, 0.25) is 0 Å². The van der Waals surface area contributed by atoms with E-state index < -0.39 is 35.6 Å². The molecule has 4 atom stereocenters. The fraction of sp³-hybridized carbons (Fsp3) is 0.464. The first-order valence-electron chi connectivity index (χ1n) is 26.0. The number of piperazine rings is 1. The maximum Gasteiger partial charge on any atom is 0.249 e. The number of para-hydroxylation sites is 2. The summed E-state index contributed by atoms with van der Waals surface area (Å²) >= 11 is 1.55. The fourth-order valence-electron chi connectivity index (χ4n) is 9.78. The van der Waals surface area contributed by atoms with Crippen molar-refractivity contribution in [2.45, 2.75) is 110 Å². The maximum absolute atomic E-state index is 14.2. The number of likely N-dealkylation sites (N-methyl/N-ethyl adjacent to an activating group) is 2. The minimum absolute atomic E-state index is 0.000703. The predicted molar refractivity (Wildman–Crippen MR) is 294 cm³/mol. The van der Waals surface area contributed by atoms with Gasteiger partial charge in [0.2, 0.25) is 29.5 Å².